The van der Waals surface area contributed by atoms with E-state index in [0.717, 1.165) is 0 Å². The first-order valence-electron chi connectivity index (χ1n) is 2.71. The first-order chi connectivity index (χ1) is 5.07. The van der Waals surface area contributed by atoms with Gasteiger partial charge in [-0.15, -0.1) is 0 Å². The van der Waals surface area contributed by atoms with Crippen molar-refractivity contribution in [2.24, 2.45) is 0 Å². The van der Waals surface area contributed by atoms with Crippen molar-refractivity contribution in [2.45, 2.75) is 6.10 Å². The van der Waals surface area contributed by atoms with Gasteiger partial charge in [0.05, 0.1) is 25.2 Å². The summed E-state index contributed by atoms with van der Waals surface area (Å²) < 4.78 is 4.14. The summed E-state index contributed by atoms with van der Waals surface area (Å²) in [5, 5.41) is 27.9. The van der Waals surface area contributed by atoms with Gasteiger partial charge in [0, 0.05) is 0 Å². The summed E-state index contributed by atoms with van der Waals surface area (Å²) in [6, 6.07) is 0. The minimum Gasteiger partial charge on any atom is -0.548 e. The Kier molecular flexibility index (Phi) is 9.85. The number of carboxylic acid groups (broad SMARTS) is 2. The van der Waals surface area contributed by atoms with Gasteiger partial charge in [0.15, 0.2) is 0 Å². The number of carboxylic acids is 2. The number of hydrogen-bond donors (Lipinski definition) is 1. The summed E-state index contributed by atoms with van der Waals surface area (Å²) >= 11 is 0. The zero-order chi connectivity index (χ0) is 8.85. The predicted octanol–water partition coefficient (Wildman–Crippen LogP) is -4.52. The molecule has 0 rings (SSSR count). The van der Waals surface area contributed by atoms with Crippen LogP contribution in [0.3, 0.4) is 0 Å². The number of aliphatic carboxylic acids is 2. The SMILES string of the molecule is O=C([O-])CO[C@@H](CO)C(=O)[O-].[Sr+2]. The Morgan fingerprint density at radius 2 is 1.92 bits per heavy atom. The van der Waals surface area contributed by atoms with Crippen LogP contribution in [0.5, 0.6) is 0 Å². The topological polar surface area (TPSA) is 110 Å². The van der Waals surface area contributed by atoms with E-state index in [9.17, 15) is 19.8 Å². The molecule has 0 saturated heterocycles. The van der Waals surface area contributed by atoms with Crippen LogP contribution in [-0.4, -0.2) is 81.8 Å². The summed E-state index contributed by atoms with van der Waals surface area (Å²) in [5.41, 5.74) is 0. The average molecular weight is 250 g/mol. The summed E-state index contributed by atoms with van der Waals surface area (Å²) in [6.07, 6.45) is -1.60. The number of carbonyl (C=O) groups is 2. The van der Waals surface area contributed by atoms with E-state index in [1.165, 1.54) is 0 Å². The Bertz CT molecular complexity index is 158. The molecule has 7 heteroatoms. The molecule has 12 heavy (non-hydrogen) atoms. The van der Waals surface area contributed by atoms with Gasteiger partial charge in [0.2, 0.25) is 0 Å². The fraction of sp³-hybridized carbons (Fsp3) is 0.600. The molecule has 0 bridgehead atoms. The Morgan fingerprint density at radius 3 is 2.17 bits per heavy atom. The molecule has 0 spiro atoms. The summed E-state index contributed by atoms with van der Waals surface area (Å²) in [7, 11) is 0. The van der Waals surface area contributed by atoms with Crippen molar-refractivity contribution >= 4 is 57.4 Å². The number of rotatable bonds is 5. The van der Waals surface area contributed by atoms with Crippen LogP contribution in [0.15, 0.2) is 0 Å². The fourth-order valence-electron chi connectivity index (χ4n) is 0.364. The van der Waals surface area contributed by atoms with Crippen molar-refractivity contribution in [3.63, 3.8) is 0 Å². The Labute approximate surface area is 105 Å². The standard InChI is InChI=1S/C5H8O6.Sr/c6-1-3(5(9)10)11-2-4(7)8;/h3,6H,1-2H2,(H,7,8)(H,9,10);/q;+2/p-2/t3-;/m0./s1. The minimum atomic E-state index is -1.66. The molecule has 6 nitrogen and oxygen atoms in total. The van der Waals surface area contributed by atoms with Crippen LogP contribution in [0.25, 0.3) is 0 Å². The molecule has 0 saturated carbocycles. The maximum atomic E-state index is 9.93. The molecule has 0 aromatic rings. The van der Waals surface area contributed by atoms with E-state index in [2.05, 4.69) is 4.74 Å². The molecular formula is C5H6O6Sr. The average Bonchev–Trinajstić information content (AvgIpc) is 1.87. The monoisotopic (exact) mass is 250 g/mol. The van der Waals surface area contributed by atoms with Crippen molar-refractivity contribution in [3.05, 3.63) is 0 Å². The van der Waals surface area contributed by atoms with Crippen molar-refractivity contribution in [2.75, 3.05) is 13.2 Å². The number of aliphatic hydroxyl groups excluding tert-OH is 1. The first kappa shape index (κ1) is 14.8. The van der Waals surface area contributed by atoms with E-state index in [0.29, 0.717) is 0 Å². The third-order valence-corrected chi connectivity index (χ3v) is 0.831. The van der Waals surface area contributed by atoms with Gasteiger partial charge in [-0.1, -0.05) is 0 Å². The second-order valence-electron chi connectivity index (χ2n) is 1.67. The number of carbonyl (C=O) groups excluding carboxylic acids is 2. The smallest absolute Gasteiger partial charge is 0.548 e. The normalized spacial score (nSPS) is 11.4. The van der Waals surface area contributed by atoms with Crippen LogP contribution in [0.2, 0.25) is 0 Å². The predicted molar refractivity (Wildman–Crippen MR) is 32.6 cm³/mol. The second-order valence-corrected chi connectivity index (χ2v) is 1.67. The zero-order valence-electron chi connectivity index (χ0n) is 6.19. The molecule has 0 heterocycles. The van der Waals surface area contributed by atoms with E-state index in [1.54, 1.807) is 0 Å². The Hall–Kier alpha value is 0.341. The molecule has 0 aliphatic carbocycles. The molecule has 0 radical (unpaired) electrons. The van der Waals surface area contributed by atoms with Crippen molar-refractivity contribution in [1.82, 2.24) is 0 Å². The summed E-state index contributed by atoms with van der Waals surface area (Å²) in [6.45, 7) is -1.70. The van der Waals surface area contributed by atoms with Crippen LogP contribution >= 0.6 is 0 Å². The molecule has 0 aromatic heterocycles. The molecule has 0 aliphatic rings. The van der Waals surface area contributed by atoms with E-state index in [4.69, 9.17) is 5.11 Å². The maximum Gasteiger partial charge on any atom is 2.00 e. The third kappa shape index (κ3) is 7.01. The molecule has 0 aromatic carbocycles. The molecular weight excluding hydrogens is 244 g/mol. The number of aliphatic hydroxyl groups is 1. The molecule has 64 valence electrons. The van der Waals surface area contributed by atoms with Gasteiger partial charge in [-0.3, -0.25) is 0 Å². The molecule has 0 unspecified atom stereocenters. The van der Waals surface area contributed by atoms with E-state index in [-0.39, 0.29) is 45.5 Å². The summed E-state index contributed by atoms with van der Waals surface area (Å²) in [4.78, 5) is 19.6. The van der Waals surface area contributed by atoms with Crippen molar-refractivity contribution in [3.8, 4) is 0 Å². The van der Waals surface area contributed by atoms with Gasteiger partial charge in [0.25, 0.3) is 0 Å². The van der Waals surface area contributed by atoms with E-state index >= 15 is 0 Å². The van der Waals surface area contributed by atoms with Crippen LogP contribution in [0.4, 0.5) is 0 Å². The van der Waals surface area contributed by atoms with Gasteiger partial charge >= 0.3 is 45.5 Å². The van der Waals surface area contributed by atoms with Crippen molar-refractivity contribution < 1.29 is 29.6 Å². The van der Waals surface area contributed by atoms with Gasteiger partial charge < -0.3 is 29.6 Å². The van der Waals surface area contributed by atoms with Crippen molar-refractivity contribution in [1.29, 1.82) is 0 Å². The van der Waals surface area contributed by atoms with E-state index in [1.807, 2.05) is 0 Å². The Balaban J connectivity index is 0. The largest absolute Gasteiger partial charge is 2.00 e. The molecule has 0 amide bonds. The maximum absolute atomic E-state index is 9.93. The zero-order valence-corrected chi connectivity index (χ0v) is 9.66. The van der Waals surface area contributed by atoms with Crippen LogP contribution in [0.1, 0.15) is 0 Å². The Morgan fingerprint density at radius 1 is 1.42 bits per heavy atom. The first-order valence-corrected chi connectivity index (χ1v) is 2.71. The van der Waals surface area contributed by atoms with E-state index < -0.39 is 31.3 Å². The fourth-order valence-corrected chi connectivity index (χ4v) is 0.364. The molecule has 0 fully saturated rings. The van der Waals surface area contributed by atoms with Gasteiger partial charge in [-0.2, -0.15) is 0 Å². The third-order valence-electron chi connectivity index (χ3n) is 0.831. The molecule has 1 atom stereocenters. The van der Waals surface area contributed by atoms with Crippen LogP contribution < -0.4 is 10.2 Å². The van der Waals surface area contributed by atoms with Crippen LogP contribution in [0, 0.1) is 0 Å². The number of ether oxygens (including phenoxy) is 1. The quantitative estimate of drug-likeness (QED) is 0.492. The van der Waals surface area contributed by atoms with Gasteiger partial charge in [-0.05, 0) is 0 Å². The summed E-state index contributed by atoms with van der Waals surface area (Å²) in [5.74, 6) is -3.21. The minimum absolute atomic E-state index is 0. The molecule has 1 N–H and O–H groups in total. The van der Waals surface area contributed by atoms with Crippen LogP contribution in [-0.2, 0) is 14.3 Å². The second kappa shape index (κ2) is 7.96. The van der Waals surface area contributed by atoms with Gasteiger partial charge in [-0.25, -0.2) is 0 Å². The molecule has 0 aliphatic heterocycles. The number of hydrogen-bond acceptors (Lipinski definition) is 6. The van der Waals surface area contributed by atoms with Gasteiger partial charge in [0.1, 0.15) is 6.10 Å².